The van der Waals surface area contributed by atoms with Gasteiger partial charge in [-0.1, -0.05) is 17.7 Å². The summed E-state index contributed by atoms with van der Waals surface area (Å²) in [5.74, 6) is 0. The maximum absolute atomic E-state index is 12.5. The summed E-state index contributed by atoms with van der Waals surface area (Å²) in [5, 5.41) is -2.92. The van der Waals surface area contributed by atoms with Gasteiger partial charge in [0, 0.05) is 10.3 Å². The van der Waals surface area contributed by atoms with Crippen LogP contribution in [0.25, 0.3) is 0 Å². The lowest BCUT2D eigenvalue weighted by Gasteiger charge is -2.07. The molecule has 2 N–H and O–H groups in total. The Bertz CT molecular complexity index is 425. The fourth-order valence-corrected chi connectivity index (χ4v) is 1.96. The predicted molar refractivity (Wildman–Crippen MR) is 60.7 cm³/mol. The Kier molecular flexibility index (Phi) is 4.04. The standard InChI is InChI=1S/C10H10ClF2NOS/c1-7-2-4-8(5-3-7)16(15)6-9(14)10(11,12)13/h2-6H,14H2,1H3/b9-6-. The lowest BCUT2D eigenvalue weighted by atomic mass is 10.2. The van der Waals surface area contributed by atoms with Crippen molar-refractivity contribution in [3.8, 4) is 0 Å². The van der Waals surface area contributed by atoms with E-state index in [9.17, 15) is 13.0 Å². The molecule has 88 valence electrons. The molecule has 0 spiro atoms. The SMILES string of the molecule is Cc1ccc(S(=O)/C=C(\N)C(F)(F)Cl)cc1. The Hall–Kier alpha value is -0.940. The van der Waals surface area contributed by atoms with Gasteiger partial charge in [-0.3, -0.25) is 0 Å². The van der Waals surface area contributed by atoms with Crippen LogP contribution in [0, 0.1) is 6.92 Å². The molecule has 1 aromatic rings. The fraction of sp³-hybridized carbons (Fsp3) is 0.200. The Balaban J connectivity index is 2.92. The smallest absolute Gasteiger partial charge is 0.362 e. The van der Waals surface area contributed by atoms with Gasteiger partial charge in [0.1, 0.15) is 5.70 Å². The zero-order valence-corrected chi connectivity index (χ0v) is 9.99. The molecule has 2 nitrogen and oxygen atoms in total. The summed E-state index contributed by atoms with van der Waals surface area (Å²) in [6.45, 7) is 1.86. The number of nitrogens with two attached hydrogens (primary N) is 1. The second kappa shape index (κ2) is 4.93. The third-order valence-electron chi connectivity index (χ3n) is 1.81. The molecule has 0 aliphatic rings. The van der Waals surface area contributed by atoms with Crippen LogP contribution in [-0.4, -0.2) is 9.59 Å². The van der Waals surface area contributed by atoms with E-state index in [0.29, 0.717) is 4.90 Å². The first-order valence-corrected chi connectivity index (χ1v) is 5.91. The highest BCUT2D eigenvalue weighted by Crippen LogP contribution is 2.25. The summed E-state index contributed by atoms with van der Waals surface area (Å²) in [6.07, 6.45) is 0. The molecule has 0 aliphatic heterocycles. The molecule has 0 amide bonds. The van der Waals surface area contributed by atoms with Gasteiger partial charge < -0.3 is 5.73 Å². The van der Waals surface area contributed by atoms with Crippen LogP contribution in [0.15, 0.2) is 40.3 Å². The van der Waals surface area contributed by atoms with Gasteiger partial charge in [0.25, 0.3) is 0 Å². The third-order valence-corrected chi connectivity index (χ3v) is 3.24. The predicted octanol–water partition coefficient (Wildman–Crippen LogP) is 2.73. The van der Waals surface area contributed by atoms with Crippen LogP contribution in [-0.2, 0) is 10.8 Å². The van der Waals surface area contributed by atoms with Crippen molar-refractivity contribution in [3.05, 3.63) is 40.9 Å². The van der Waals surface area contributed by atoms with Crippen molar-refractivity contribution in [2.24, 2.45) is 5.73 Å². The van der Waals surface area contributed by atoms with E-state index in [1.165, 1.54) is 0 Å². The van der Waals surface area contributed by atoms with E-state index < -0.39 is 21.9 Å². The van der Waals surface area contributed by atoms with Crippen LogP contribution in [0.5, 0.6) is 0 Å². The van der Waals surface area contributed by atoms with Crippen LogP contribution >= 0.6 is 11.6 Å². The topological polar surface area (TPSA) is 43.1 Å². The van der Waals surface area contributed by atoms with Gasteiger partial charge in [-0.2, -0.15) is 8.78 Å². The van der Waals surface area contributed by atoms with E-state index in [0.717, 1.165) is 11.0 Å². The minimum atomic E-state index is -3.67. The van der Waals surface area contributed by atoms with Gasteiger partial charge in [0.15, 0.2) is 0 Å². The number of hydrogen-bond donors (Lipinski definition) is 1. The molecular formula is C10H10ClF2NOS. The minimum absolute atomic E-state index is 0.398. The molecule has 1 rings (SSSR count). The average Bonchev–Trinajstić information content (AvgIpc) is 2.17. The van der Waals surface area contributed by atoms with Crippen LogP contribution < -0.4 is 5.73 Å². The molecular weight excluding hydrogens is 256 g/mol. The van der Waals surface area contributed by atoms with E-state index in [2.05, 4.69) is 11.6 Å². The molecule has 0 saturated carbocycles. The van der Waals surface area contributed by atoms with Gasteiger partial charge in [0.2, 0.25) is 0 Å². The summed E-state index contributed by atoms with van der Waals surface area (Å²) in [6, 6.07) is 6.63. The van der Waals surface area contributed by atoms with Gasteiger partial charge in [-0.15, -0.1) is 0 Å². The van der Waals surface area contributed by atoms with Crippen LogP contribution in [0.1, 0.15) is 5.56 Å². The molecule has 16 heavy (non-hydrogen) atoms. The number of alkyl halides is 3. The quantitative estimate of drug-likeness (QED) is 0.854. The Labute approximate surface area is 99.6 Å². The largest absolute Gasteiger partial charge is 0.396 e. The molecule has 0 aromatic heterocycles. The molecule has 1 unspecified atom stereocenters. The Morgan fingerprint density at radius 1 is 1.44 bits per heavy atom. The molecule has 1 aromatic carbocycles. The monoisotopic (exact) mass is 265 g/mol. The number of allylic oxidation sites excluding steroid dienone is 1. The van der Waals surface area contributed by atoms with Crippen molar-refractivity contribution in [1.82, 2.24) is 0 Å². The van der Waals surface area contributed by atoms with E-state index in [-0.39, 0.29) is 0 Å². The molecule has 0 saturated heterocycles. The van der Waals surface area contributed by atoms with Crippen molar-refractivity contribution in [1.29, 1.82) is 0 Å². The first-order chi connectivity index (χ1) is 7.30. The summed E-state index contributed by atoms with van der Waals surface area (Å²) in [4.78, 5) is 0.398. The van der Waals surface area contributed by atoms with Gasteiger partial charge in [-0.05, 0) is 30.7 Å². The second-order valence-electron chi connectivity index (χ2n) is 3.18. The normalized spacial score (nSPS) is 14.9. The lowest BCUT2D eigenvalue weighted by Crippen LogP contribution is -2.18. The summed E-state index contributed by atoms with van der Waals surface area (Å²) in [5.41, 5.74) is 5.08. The zero-order valence-electron chi connectivity index (χ0n) is 8.41. The Morgan fingerprint density at radius 2 is 1.94 bits per heavy atom. The summed E-state index contributed by atoms with van der Waals surface area (Å²) < 4.78 is 36.6. The number of halogens is 3. The first kappa shape index (κ1) is 13.1. The number of aryl methyl sites for hydroxylation is 1. The van der Waals surface area contributed by atoms with Crippen molar-refractivity contribution >= 4 is 22.4 Å². The van der Waals surface area contributed by atoms with E-state index >= 15 is 0 Å². The van der Waals surface area contributed by atoms with Crippen molar-refractivity contribution < 1.29 is 13.0 Å². The molecule has 1 atom stereocenters. The van der Waals surface area contributed by atoms with Crippen molar-refractivity contribution in [2.45, 2.75) is 17.2 Å². The van der Waals surface area contributed by atoms with E-state index in [1.54, 1.807) is 24.3 Å². The van der Waals surface area contributed by atoms with Gasteiger partial charge >= 0.3 is 5.38 Å². The van der Waals surface area contributed by atoms with E-state index in [4.69, 9.17) is 5.73 Å². The number of hydrogen-bond acceptors (Lipinski definition) is 2. The summed E-state index contributed by atoms with van der Waals surface area (Å²) in [7, 11) is -1.72. The number of benzene rings is 1. The Morgan fingerprint density at radius 3 is 2.38 bits per heavy atom. The summed E-state index contributed by atoms with van der Waals surface area (Å²) >= 11 is 4.68. The number of rotatable bonds is 3. The van der Waals surface area contributed by atoms with Crippen LogP contribution in [0.2, 0.25) is 0 Å². The van der Waals surface area contributed by atoms with Crippen LogP contribution in [0.4, 0.5) is 8.78 Å². The minimum Gasteiger partial charge on any atom is -0.396 e. The third kappa shape index (κ3) is 3.57. The second-order valence-corrected chi connectivity index (χ2v) is 4.96. The van der Waals surface area contributed by atoms with E-state index in [1.807, 2.05) is 6.92 Å². The van der Waals surface area contributed by atoms with Crippen LogP contribution in [0.3, 0.4) is 0 Å². The average molecular weight is 266 g/mol. The maximum Gasteiger partial charge on any atom is 0.362 e. The molecule has 0 fully saturated rings. The van der Waals surface area contributed by atoms with Crippen molar-refractivity contribution in [2.75, 3.05) is 0 Å². The fourth-order valence-electron chi connectivity index (χ4n) is 0.923. The molecule has 0 aliphatic carbocycles. The van der Waals surface area contributed by atoms with Crippen molar-refractivity contribution in [3.63, 3.8) is 0 Å². The maximum atomic E-state index is 12.5. The zero-order chi connectivity index (χ0) is 12.3. The van der Waals surface area contributed by atoms with Gasteiger partial charge in [-0.25, -0.2) is 4.21 Å². The highest BCUT2D eigenvalue weighted by atomic mass is 35.5. The molecule has 6 heteroatoms. The first-order valence-electron chi connectivity index (χ1n) is 4.32. The highest BCUT2D eigenvalue weighted by Gasteiger charge is 2.29. The molecule has 0 radical (unpaired) electrons. The lowest BCUT2D eigenvalue weighted by molar-refractivity contribution is 0.137. The highest BCUT2D eigenvalue weighted by molar-refractivity contribution is 7.88. The molecule has 0 bridgehead atoms. The van der Waals surface area contributed by atoms with Gasteiger partial charge in [0.05, 0.1) is 10.8 Å². The molecule has 0 heterocycles.